The smallest absolute Gasteiger partial charge is 0.416 e. The first-order chi connectivity index (χ1) is 13.5. The van der Waals surface area contributed by atoms with Crippen molar-refractivity contribution in [3.8, 4) is 0 Å². The third kappa shape index (κ3) is 5.99. The Labute approximate surface area is 161 Å². The van der Waals surface area contributed by atoms with Gasteiger partial charge in [-0.15, -0.1) is 0 Å². The van der Waals surface area contributed by atoms with E-state index in [0.717, 1.165) is 36.4 Å². The quantitative estimate of drug-likeness (QED) is 0.411. The van der Waals surface area contributed by atoms with Gasteiger partial charge >= 0.3 is 17.8 Å². The number of carboxylic acids is 1. The van der Waals surface area contributed by atoms with Gasteiger partial charge in [-0.2, -0.15) is 17.6 Å². The number of carboxylic acid groups (broad SMARTS) is 1. The third-order valence-corrected chi connectivity index (χ3v) is 3.90. The number of nitro groups is 1. The number of hydrogen-bond donors (Lipinski definition) is 2. The minimum absolute atomic E-state index is 0.0267. The number of carbonyl (C=O) groups excluding carboxylic acids is 1. The number of nitrogens with zero attached hydrogens (tertiary/aromatic N) is 1. The minimum atomic E-state index is -4.59. The average molecular weight is 414 g/mol. The predicted octanol–water partition coefficient (Wildman–Crippen LogP) is 3.11. The largest absolute Gasteiger partial charge is 0.480 e. The van der Waals surface area contributed by atoms with Crippen molar-refractivity contribution in [1.82, 2.24) is 5.32 Å². The van der Waals surface area contributed by atoms with Crippen LogP contribution in [0.15, 0.2) is 42.5 Å². The van der Waals surface area contributed by atoms with Gasteiger partial charge in [-0.1, -0.05) is 24.3 Å². The molecule has 2 rings (SSSR count). The van der Waals surface area contributed by atoms with Crippen LogP contribution >= 0.6 is 0 Å². The van der Waals surface area contributed by atoms with Crippen LogP contribution in [0.4, 0.5) is 23.2 Å². The van der Waals surface area contributed by atoms with Gasteiger partial charge in [0.15, 0.2) is 0 Å². The van der Waals surface area contributed by atoms with Gasteiger partial charge in [0.05, 0.1) is 16.9 Å². The van der Waals surface area contributed by atoms with E-state index in [9.17, 15) is 42.4 Å². The maximum atomic E-state index is 13.4. The van der Waals surface area contributed by atoms with E-state index in [4.69, 9.17) is 0 Å². The van der Waals surface area contributed by atoms with Crippen LogP contribution in [0.5, 0.6) is 0 Å². The molecule has 0 aliphatic heterocycles. The van der Waals surface area contributed by atoms with E-state index in [1.807, 2.05) is 0 Å². The summed E-state index contributed by atoms with van der Waals surface area (Å²) in [5.74, 6) is -3.41. The van der Waals surface area contributed by atoms with Gasteiger partial charge in [0, 0.05) is 12.5 Å². The highest BCUT2D eigenvalue weighted by molar-refractivity contribution is 5.85. The molecule has 2 aromatic carbocycles. The summed E-state index contributed by atoms with van der Waals surface area (Å²) in [4.78, 5) is 33.3. The van der Waals surface area contributed by atoms with Gasteiger partial charge in [-0.3, -0.25) is 14.9 Å². The van der Waals surface area contributed by atoms with Crippen LogP contribution in [0.2, 0.25) is 0 Å². The molecule has 1 amide bonds. The summed E-state index contributed by atoms with van der Waals surface area (Å²) in [6, 6.07) is 5.30. The lowest BCUT2D eigenvalue weighted by Gasteiger charge is -2.15. The first kappa shape index (κ1) is 21.8. The molecule has 154 valence electrons. The van der Waals surface area contributed by atoms with Crippen LogP contribution in [0.25, 0.3) is 0 Å². The molecule has 1 atom stereocenters. The second-order valence-electron chi connectivity index (χ2n) is 6.08. The van der Waals surface area contributed by atoms with Crippen LogP contribution in [0.1, 0.15) is 16.7 Å². The zero-order chi connectivity index (χ0) is 21.8. The lowest BCUT2D eigenvalue weighted by molar-refractivity contribution is -0.387. The molecule has 0 saturated carbocycles. The summed E-state index contributed by atoms with van der Waals surface area (Å²) in [6.45, 7) is 0. The Morgan fingerprint density at radius 3 is 2.41 bits per heavy atom. The Balaban J connectivity index is 2.11. The topological polar surface area (TPSA) is 110 Å². The maximum absolute atomic E-state index is 13.4. The van der Waals surface area contributed by atoms with E-state index >= 15 is 0 Å². The number of carbonyl (C=O) groups is 2. The normalized spacial score (nSPS) is 12.3. The summed E-state index contributed by atoms with van der Waals surface area (Å²) in [5, 5.41) is 22.2. The predicted molar refractivity (Wildman–Crippen MR) is 91.5 cm³/mol. The number of hydrogen-bond acceptors (Lipinski definition) is 4. The molecule has 29 heavy (non-hydrogen) atoms. The summed E-state index contributed by atoms with van der Waals surface area (Å²) in [5.41, 5.74) is -1.68. The number of halogens is 4. The summed E-state index contributed by atoms with van der Waals surface area (Å²) in [7, 11) is 0. The maximum Gasteiger partial charge on any atom is 0.416 e. The summed E-state index contributed by atoms with van der Waals surface area (Å²) < 4.78 is 51.6. The fraction of sp³-hybridized carbons (Fsp3) is 0.222. The highest BCUT2D eigenvalue weighted by Gasteiger charge is 2.30. The lowest BCUT2D eigenvalue weighted by atomic mass is 10.0. The van der Waals surface area contributed by atoms with Gasteiger partial charge in [0.25, 0.3) is 0 Å². The third-order valence-electron chi connectivity index (χ3n) is 3.90. The summed E-state index contributed by atoms with van der Waals surface area (Å²) >= 11 is 0. The van der Waals surface area contributed by atoms with Crippen molar-refractivity contribution in [2.75, 3.05) is 0 Å². The van der Waals surface area contributed by atoms with Crippen molar-refractivity contribution in [3.63, 3.8) is 0 Å². The molecule has 0 aliphatic carbocycles. The molecule has 0 saturated heterocycles. The molecule has 0 bridgehead atoms. The number of amides is 1. The van der Waals surface area contributed by atoms with Crippen molar-refractivity contribution in [1.29, 1.82) is 0 Å². The van der Waals surface area contributed by atoms with Gasteiger partial charge in [-0.05, 0) is 23.3 Å². The van der Waals surface area contributed by atoms with Crippen LogP contribution < -0.4 is 5.32 Å². The second kappa shape index (κ2) is 8.67. The van der Waals surface area contributed by atoms with E-state index < -0.39 is 52.5 Å². The van der Waals surface area contributed by atoms with E-state index in [0.29, 0.717) is 0 Å². The van der Waals surface area contributed by atoms with Gasteiger partial charge in [-0.25, -0.2) is 4.79 Å². The Kier molecular flexibility index (Phi) is 6.52. The molecule has 2 aromatic rings. The van der Waals surface area contributed by atoms with Gasteiger partial charge < -0.3 is 10.4 Å². The molecule has 0 spiro atoms. The number of rotatable bonds is 7. The van der Waals surface area contributed by atoms with Gasteiger partial charge in [0.1, 0.15) is 6.04 Å². The highest BCUT2D eigenvalue weighted by atomic mass is 19.4. The highest BCUT2D eigenvalue weighted by Crippen LogP contribution is 2.29. The second-order valence-corrected chi connectivity index (χ2v) is 6.08. The minimum Gasteiger partial charge on any atom is -0.480 e. The molecule has 7 nitrogen and oxygen atoms in total. The SMILES string of the molecule is O=C(Cc1cccc(C(F)(F)F)c1)N[C@H](Cc1ccc(F)c([N+](=O)[O-])c1)C(=O)O. The zero-order valence-corrected chi connectivity index (χ0v) is 14.6. The number of nitrogens with one attached hydrogen (secondary N) is 1. The van der Waals surface area contributed by atoms with E-state index in [2.05, 4.69) is 5.32 Å². The molecule has 0 aliphatic rings. The number of benzene rings is 2. The van der Waals surface area contributed by atoms with E-state index in [1.165, 1.54) is 6.07 Å². The van der Waals surface area contributed by atoms with Gasteiger partial charge in [0.2, 0.25) is 11.7 Å². The monoisotopic (exact) mass is 414 g/mol. The van der Waals surface area contributed by atoms with E-state index in [-0.39, 0.29) is 17.5 Å². The number of aliphatic carboxylic acids is 1. The lowest BCUT2D eigenvalue weighted by Crippen LogP contribution is -2.43. The van der Waals surface area contributed by atoms with Crippen LogP contribution in [-0.2, 0) is 28.6 Å². The first-order valence-electron chi connectivity index (χ1n) is 8.08. The molecule has 0 aromatic heterocycles. The van der Waals surface area contributed by atoms with Crippen molar-refractivity contribution < 1.29 is 37.2 Å². The molecule has 0 fully saturated rings. The molecule has 0 unspecified atom stereocenters. The van der Waals surface area contributed by atoms with Crippen molar-refractivity contribution in [2.24, 2.45) is 0 Å². The molecular weight excluding hydrogens is 400 g/mol. The van der Waals surface area contributed by atoms with E-state index in [1.54, 1.807) is 0 Å². The molecular formula is C18H14F4N2O5. The average Bonchev–Trinajstić information content (AvgIpc) is 2.61. The molecule has 2 N–H and O–H groups in total. The zero-order valence-electron chi connectivity index (χ0n) is 14.6. The first-order valence-corrected chi connectivity index (χ1v) is 8.08. The van der Waals surface area contributed by atoms with Crippen molar-refractivity contribution >= 4 is 17.6 Å². The number of alkyl halides is 3. The van der Waals surface area contributed by atoms with Crippen LogP contribution in [0.3, 0.4) is 0 Å². The molecule has 11 heteroatoms. The van der Waals surface area contributed by atoms with Crippen LogP contribution in [0, 0.1) is 15.9 Å². The molecule has 0 heterocycles. The van der Waals surface area contributed by atoms with Crippen molar-refractivity contribution in [2.45, 2.75) is 25.1 Å². The summed E-state index contributed by atoms with van der Waals surface area (Å²) in [6.07, 6.45) is -5.48. The van der Waals surface area contributed by atoms with Crippen molar-refractivity contribution in [3.05, 3.63) is 75.1 Å². The standard InChI is InChI=1S/C18H14F4N2O5/c19-13-5-4-11(8-15(13)24(28)29)7-14(17(26)27)23-16(25)9-10-2-1-3-12(6-10)18(20,21)22/h1-6,8,14H,7,9H2,(H,23,25)(H,26,27)/t14-/m1/s1. The number of nitro benzene ring substituents is 1. The fourth-order valence-electron chi connectivity index (χ4n) is 2.55. The van der Waals surface area contributed by atoms with Crippen LogP contribution in [-0.4, -0.2) is 27.9 Å². The Bertz CT molecular complexity index is 946. The fourth-order valence-corrected chi connectivity index (χ4v) is 2.55. The Hall–Kier alpha value is -3.50. The Morgan fingerprint density at radius 1 is 1.14 bits per heavy atom. The Morgan fingerprint density at radius 2 is 1.83 bits per heavy atom. The molecule has 0 radical (unpaired) electrons.